The van der Waals surface area contributed by atoms with Gasteiger partial charge in [-0.15, -0.1) is 0 Å². The van der Waals surface area contributed by atoms with Crippen molar-refractivity contribution in [1.82, 2.24) is 4.57 Å². The van der Waals surface area contributed by atoms with Crippen LogP contribution in [0.5, 0.6) is 0 Å². The first kappa shape index (κ1) is 12.2. The van der Waals surface area contributed by atoms with Crippen LogP contribution in [0.15, 0.2) is 30.5 Å². The molecule has 0 saturated carbocycles. The molecule has 0 radical (unpaired) electrons. The Bertz CT molecular complexity index is 596. The van der Waals surface area contributed by atoms with E-state index >= 15 is 0 Å². The van der Waals surface area contributed by atoms with Gasteiger partial charge in [-0.1, -0.05) is 18.2 Å². The topological polar surface area (TPSA) is 40.5 Å². The third-order valence-electron chi connectivity index (χ3n) is 3.61. The maximum absolute atomic E-state index is 11.8. The standard InChI is InChI=1S/C15H17NO3/c1-18-15(17)12-10-16(14-8-4-5-9-19-14)13-7-3-2-6-11(12)13/h2-3,6-7,10,14H,4-5,8-9H2,1H3. The van der Waals surface area contributed by atoms with Crippen molar-refractivity contribution >= 4 is 16.9 Å². The van der Waals surface area contributed by atoms with E-state index < -0.39 is 0 Å². The minimum atomic E-state index is -0.300. The van der Waals surface area contributed by atoms with Crippen molar-refractivity contribution < 1.29 is 14.3 Å². The molecule has 3 rings (SSSR count). The highest BCUT2D eigenvalue weighted by Gasteiger charge is 2.21. The Morgan fingerprint density at radius 1 is 1.37 bits per heavy atom. The summed E-state index contributed by atoms with van der Waals surface area (Å²) in [6, 6.07) is 7.87. The molecule has 0 N–H and O–H groups in total. The second-order valence-corrected chi connectivity index (χ2v) is 4.78. The van der Waals surface area contributed by atoms with Gasteiger partial charge in [0.1, 0.15) is 6.23 Å². The van der Waals surface area contributed by atoms with Gasteiger partial charge in [-0.3, -0.25) is 0 Å². The Kier molecular flexibility index (Phi) is 3.25. The first-order valence-corrected chi connectivity index (χ1v) is 6.61. The second-order valence-electron chi connectivity index (χ2n) is 4.78. The molecule has 1 aromatic carbocycles. The van der Waals surface area contributed by atoms with Gasteiger partial charge in [-0.05, 0) is 25.3 Å². The zero-order chi connectivity index (χ0) is 13.2. The van der Waals surface area contributed by atoms with Crippen LogP contribution in [0, 0.1) is 0 Å². The molecule has 1 saturated heterocycles. The van der Waals surface area contributed by atoms with Crippen LogP contribution in [0.25, 0.3) is 10.9 Å². The van der Waals surface area contributed by atoms with Crippen molar-refractivity contribution in [2.75, 3.05) is 13.7 Å². The molecule has 2 aromatic rings. The van der Waals surface area contributed by atoms with E-state index in [1.807, 2.05) is 30.5 Å². The fourth-order valence-electron chi connectivity index (χ4n) is 2.66. The summed E-state index contributed by atoms with van der Waals surface area (Å²) >= 11 is 0. The number of esters is 1. The molecular weight excluding hydrogens is 242 g/mol. The fraction of sp³-hybridized carbons (Fsp3) is 0.400. The molecule has 4 nitrogen and oxygen atoms in total. The summed E-state index contributed by atoms with van der Waals surface area (Å²) < 4.78 is 12.7. The van der Waals surface area contributed by atoms with E-state index in [0.29, 0.717) is 5.56 Å². The van der Waals surface area contributed by atoms with Crippen LogP contribution in [0.3, 0.4) is 0 Å². The third-order valence-corrected chi connectivity index (χ3v) is 3.61. The molecule has 1 unspecified atom stereocenters. The summed E-state index contributed by atoms with van der Waals surface area (Å²) in [6.45, 7) is 0.782. The van der Waals surface area contributed by atoms with Crippen molar-refractivity contribution in [2.45, 2.75) is 25.5 Å². The van der Waals surface area contributed by atoms with Crippen LogP contribution in [0.1, 0.15) is 35.8 Å². The number of nitrogens with zero attached hydrogens (tertiary/aromatic N) is 1. The summed E-state index contributed by atoms with van der Waals surface area (Å²) in [7, 11) is 1.41. The van der Waals surface area contributed by atoms with E-state index in [1.54, 1.807) is 0 Å². The monoisotopic (exact) mass is 259 g/mol. The van der Waals surface area contributed by atoms with Crippen LogP contribution in [-0.2, 0) is 9.47 Å². The molecule has 0 aliphatic carbocycles. The molecular formula is C15H17NO3. The van der Waals surface area contributed by atoms with E-state index in [9.17, 15) is 4.79 Å². The summed E-state index contributed by atoms with van der Waals surface area (Å²) in [4.78, 5) is 11.8. The van der Waals surface area contributed by atoms with Crippen LogP contribution in [0.2, 0.25) is 0 Å². The van der Waals surface area contributed by atoms with Gasteiger partial charge in [0.2, 0.25) is 0 Å². The number of fused-ring (bicyclic) bond motifs is 1. The van der Waals surface area contributed by atoms with Gasteiger partial charge in [-0.25, -0.2) is 4.79 Å². The largest absolute Gasteiger partial charge is 0.465 e. The number of carbonyl (C=O) groups is 1. The number of methoxy groups -OCH3 is 1. The number of rotatable bonds is 2. The molecule has 1 atom stereocenters. The zero-order valence-corrected chi connectivity index (χ0v) is 11.0. The van der Waals surface area contributed by atoms with E-state index in [0.717, 1.165) is 36.8 Å². The van der Waals surface area contributed by atoms with Gasteiger partial charge in [0.25, 0.3) is 0 Å². The van der Waals surface area contributed by atoms with Crippen LogP contribution < -0.4 is 0 Å². The molecule has 100 valence electrons. The number of ether oxygens (including phenoxy) is 2. The number of benzene rings is 1. The van der Waals surface area contributed by atoms with Gasteiger partial charge in [-0.2, -0.15) is 0 Å². The van der Waals surface area contributed by atoms with Gasteiger partial charge in [0.05, 0.1) is 18.2 Å². The quantitative estimate of drug-likeness (QED) is 0.778. The highest BCUT2D eigenvalue weighted by atomic mass is 16.5. The Labute approximate surface area is 111 Å². The summed E-state index contributed by atoms with van der Waals surface area (Å²) in [5, 5.41) is 0.920. The molecule has 0 spiro atoms. The SMILES string of the molecule is COC(=O)c1cn(C2CCCCO2)c2ccccc12. The molecule has 4 heteroatoms. The first-order chi connectivity index (χ1) is 9.31. The van der Waals surface area contributed by atoms with Crippen molar-refractivity contribution in [3.63, 3.8) is 0 Å². The Morgan fingerprint density at radius 2 is 2.21 bits per heavy atom. The normalized spacial score (nSPS) is 19.5. The predicted octanol–water partition coefficient (Wildman–Crippen LogP) is 3.13. The van der Waals surface area contributed by atoms with E-state index in [2.05, 4.69) is 4.57 Å². The second kappa shape index (κ2) is 5.05. The summed E-state index contributed by atoms with van der Waals surface area (Å²) in [6.07, 6.45) is 5.13. The van der Waals surface area contributed by atoms with Gasteiger partial charge >= 0.3 is 5.97 Å². The smallest absolute Gasteiger partial charge is 0.340 e. The summed E-state index contributed by atoms with van der Waals surface area (Å²) in [5.41, 5.74) is 1.63. The number of hydrogen-bond donors (Lipinski definition) is 0. The first-order valence-electron chi connectivity index (χ1n) is 6.61. The average Bonchev–Trinajstić information content (AvgIpc) is 2.87. The molecule has 1 aromatic heterocycles. The van der Waals surface area contributed by atoms with Crippen LogP contribution in [-0.4, -0.2) is 24.3 Å². The third kappa shape index (κ3) is 2.12. The summed E-state index contributed by atoms with van der Waals surface area (Å²) in [5.74, 6) is -0.300. The molecule has 1 aliphatic heterocycles. The number of carbonyl (C=O) groups excluding carboxylic acids is 1. The maximum atomic E-state index is 11.8. The van der Waals surface area contributed by atoms with Crippen molar-refractivity contribution in [3.05, 3.63) is 36.0 Å². The Morgan fingerprint density at radius 3 is 2.95 bits per heavy atom. The molecule has 1 fully saturated rings. The van der Waals surface area contributed by atoms with E-state index in [4.69, 9.17) is 9.47 Å². The van der Waals surface area contributed by atoms with Gasteiger partial charge in [0.15, 0.2) is 0 Å². The van der Waals surface area contributed by atoms with Gasteiger partial charge in [0, 0.05) is 18.2 Å². The lowest BCUT2D eigenvalue weighted by atomic mass is 10.1. The van der Waals surface area contributed by atoms with E-state index in [-0.39, 0.29) is 12.2 Å². The van der Waals surface area contributed by atoms with Crippen LogP contribution >= 0.6 is 0 Å². The van der Waals surface area contributed by atoms with Crippen molar-refractivity contribution in [1.29, 1.82) is 0 Å². The van der Waals surface area contributed by atoms with Crippen molar-refractivity contribution in [2.24, 2.45) is 0 Å². The highest BCUT2D eigenvalue weighted by Crippen LogP contribution is 2.30. The lowest BCUT2D eigenvalue weighted by Crippen LogP contribution is -2.17. The lowest BCUT2D eigenvalue weighted by molar-refractivity contribution is -0.0292. The number of aromatic nitrogens is 1. The Hall–Kier alpha value is -1.81. The fourth-order valence-corrected chi connectivity index (χ4v) is 2.66. The zero-order valence-electron chi connectivity index (χ0n) is 11.0. The number of para-hydroxylation sites is 1. The highest BCUT2D eigenvalue weighted by molar-refractivity contribution is 6.04. The average molecular weight is 259 g/mol. The Balaban J connectivity index is 2.11. The van der Waals surface area contributed by atoms with E-state index in [1.165, 1.54) is 7.11 Å². The van der Waals surface area contributed by atoms with Crippen molar-refractivity contribution in [3.8, 4) is 0 Å². The molecule has 19 heavy (non-hydrogen) atoms. The maximum Gasteiger partial charge on any atom is 0.340 e. The van der Waals surface area contributed by atoms with Crippen LogP contribution in [0.4, 0.5) is 0 Å². The molecule has 1 aliphatic rings. The van der Waals surface area contributed by atoms with Gasteiger partial charge < -0.3 is 14.0 Å². The number of hydrogen-bond acceptors (Lipinski definition) is 3. The molecule has 2 heterocycles. The minimum Gasteiger partial charge on any atom is -0.465 e. The molecule has 0 amide bonds. The molecule has 0 bridgehead atoms. The minimum absolute atomic E-state index is 0.0251. The lowest BCUT2D eigenvalue weighted by Gasteiger charge is -2.24. The predicted molar refractivity (Wildman–Crippen MR) is 72.1 cm³/mol.